The number of hydrogen-bond acceptors (Lipinski definition) is 2. The van der Waals surface area contributed by atoms with Crippen LogP contribution in [0.4, 0.5) is 0 Å². The van der Waals surface area contributed by atoms with Crippen molar-refractivity contribution < 1.29 is 9.53 Å². The molecule has 0 heterocycles. The minimum absolute atomic E-state index is 0.0145. The second kappa shape index (κ2) is 7.51. The molecule has 0 spiro atoms. The summed E-state index contributed by atoms with van der Waals surface area (Å²) in [4.78, 5) is 12.0. The van der Waals surface area contributed by atoms with E-state index in [2.05, 4.69) is 32.2 Å². The number of amides is 1. The van der Waals surface area contributed by atoms with Crippen molar-refractivity contribution in [2.75, 3.05) is 13.2 Å². The topological polar surface area (TPSA) is 38.3 Å². The Bertz CT molecular complexity index is 677. The zero-order chi connectivity index (χ0) is 16.9. The number of ether oxygens (including phenoxy) is 1. The molecule has 0 radical (unpaired) electrons. The molecule has 0 aliphatic carbocycles. The van der Waals surface area contributed by atoms with Gasteiger partial charge >= 0.3 is 0 Å². The van der Waals surface area contributed by atoms with E-state index in [1.165, 1.54) is 0 Å². The minimum Gasteiger partial charge on any atom is -0.491 e. The van der Waals surface area contributed by atoms with E-state index in [4.69, 9.17) is 16.3 Å². The van der Waals surface area contributed by atoms with Crippen LogP contribution in [0.2, 0.25) is 5.02 Å². The molecule has 1 amide bonds. The van der Waals surface area contributed by atoms with Crippen LogP contribution >= 0.6 is 11.6 Å². The second-order valence-electron chi connectivity index (χ2n) is 6.36. The van der Waals surface area contributed by atoms with Crippen molar-refractivity contribution in [1.82, 2.24) is 5.32 Å². The van der Waals surface area contributed by atoms with E-state index < -0.39 is 0 Å². The molecule has 0 saturated heterocycles. The maximum absolute atomic E-state index is 12.0. The summed E-state index contributed by atoms with van der Waals surface area (Å²) in [7, 11) is 0. The first-order valence-corrected chi connectivity index (χ1v) is 8.02. The Morgan fingerprint density at radius 1 is 1.13 bits per heavy atom. The molecule has 2 aromatic rings. The van der Waals surface area contributed by atoms with Crippen molar-refractivity contribution in [2.45, 2.75) is 26.2 Å². The van der Waals surface area contributed by atoms with Crippen LogP contribution in [-0.2, 0) is 5.41 Å². The Labute approximate surface area is 142 Å². The number of carbonyl (C=O) groups excluding carboxylic acids is 1. The number of carbonyl (C=O) groups is 1. The second-order valence-corrected chi connectivity index (χ2v) is 6.80. The average molecular weight is 332 g/mol. The molecule has 0 unspecified atom stereocenters. The summed E-state index contributed by atoms with van der Waals surface area (Å²) < 4.78 is 5.83. The average Bonchev–Trinajstić information content (AvgIpc) is 2.51. The van der Waals surface area contributed by atoms with E-state index in [0.29, 0.717) is 23.7 Å². The molecule has 0 atom stereocenters. The third-order valence-electron chi connectivity index (χ3n) is 3.43. The van der Waals surface area contributed by atoms with Crippen molar-refractivity contribution in [3.05, 3.63) is 64.7 Å². The zero-order valence-corrected chi connectivity index (χ0v) is 14.5. The van der Waals surface area contributed by atoms with Gasteiger partial charge in [0.25, 0.3) is 5.91 Å². The molecule has 0 fully saturated rings. The van der Waals surface area contributed by atoms with Gasteiger partial charge in [-0.05, 0) is 35.2 Å². The van der Waals surface area contributed by atoms with Gasteiger partial charge in [-0.2, -0.15) is 0 Å². The first-order valence-electron chi connectivity index (χ1n) is 7.64. The fourth-order valence-electron chi connectivity index (χ4n) is 2.27. The molecule has 1 N–H and O–H groups in total. The molecule has 0 saturated carbocycles. The first kappa shape index (κ1) is 17.4. The Morgan fingerprint density at radius 2 is 1.87 bits per heavy atom. The molecular weight excluding hydrogens is 310 g/mol. The van der Waals surface area contributed by atoms with Crippen molar-refractivity contribution in [3.8, 4) is 5.75 Å². The van der Waals surface area contributed by atoms with Gasteiger partial charge in [-0.15, -0.1) is 0 Å². The van der Waals surface area contributed by atoms with Crippen molar-refractivity contribution in [1.29, 1.82) is 0 Å². The quantitative estimate of drug-likeness (QED) is 0.822. The molecule has 0 aliphatic rings. The van der Waals surface area contributed by atoms with Crippen LogP contribution in [-0.4, -0.2) is 19.1 Å². The van der Waals surface area contributed by atoms with Crippen molar-refractivity contribution >= 4 is 17.5 Å². The van der Waals surface area contributed by atoms with Gasteiger partial charge in [-0.3, -0.25) is 4.79 Å². The predicted molar refractivity (Wildman–Crippen MR) is 94.4 cm³/mol. The third kappa shape index (κ3) is 5.00. The highest BCUT2D eigenvalue weighted by atomic mass is 35.5. The van der Waals surface area contributed by atoms with E-state index >= 15 is 0 Å². The highest BCUT2D eigenvalue weighted by Gasteiger charge is 2.18. The zero-order valence-electron chi connectivity index (χ0n) is 13.7. The Hall–Kier alpha value is -2.00. The first-order chi connectivity index (χ1) is 10.9. The van der Waals surface area contributed by atoms with E-state index in [-0.39, 0.29) is 11.3 Å². The molecule has 2 rings (SSSR count). The lowest BCUT2D eigenvalue weighted by atomic mass is 9.86. The van der Waals surface area contributed by atoms with Crippen LogP contribution in [0, 0.1) is 0 Å². The number of nitrogens with one attached hydrogen (secondary N) is 1. The summed E-state index contributed by atoms with van der Waals surface area (Å²) in [5, 5.41) is 3.38. The van der Waals surface area contributed by atoms with E-state index in [9.17, 15) is 4.79 Å². The molecule has 0 aromatic heterocycles. The fraction of sp³-hybridized carbons (Fsp3) is 0.316. The molecule has 23 heavy (non-hydrogen) atoms. The molecule has 2 aromatic carbocycles. The van der Waals surface area contributed by atoms with Crippen LogP contribution in [0.3, 0.4) is 0 Å². The van der Waals surface area contributed by atoms with Gasteiger partial charge in [0, 0.05) is 10.6 Å². The van der Waals surface area contributed by atoms with Gasteiger partial charge in [0.2, 0.25) is 0 Å². The number of para-hydroxylation sites is 1. The number of hydrogen-bond donors (Lipinski definition) is 1. The number of benzene rings is 2. The normalized spacial score (nSPS) is 11.1. The maximum Gasteiger partial charge on any atom is 0.251 e. The monoisotopic (exact) mass is 331 g/mol. The summed E-state index contributed by atoms with van der Waals surface area (Å²) in [6.07, 6.45) is 0. The number of rotatable bonds is 5. The Kier molecular flexibility index (Phi) is 5.67. The van der Waals surface area contributed by atoms with Gasteiger partial charge in [0.1, 0.15) is 12.4 Å². The van der Waals surface area contributed by atoms with Crippen molar-refractivity contribution in [2.24, 2.45) is 0 Å². The maximum atomic E-state index is 12.0. The Morgan fingerprint density at radius 3 is 2.57 bits per heavy atom. The van der Waals surface area contributed by atoms with Gasteiger partial charge in [-0.1, -0.05) is 56.6 Å². The van der Waals surface area contributed by atoms with Gasteiger partial charge < -0.3 is 10.1 Å². The molecule has 4 heteroatoms. The lowest BCUT2D eigenvalue weighted by molar-refractivity contribution is 0.0947. The summed E-state index contributed by atoms with van der Waals surface area (Å²) in [5.41, 5.74) is 1.72. The fourth-order valence-corrected chi connectivity index (χ4v) is 2.46. The molecule has 0 aliphatic heterocycles. The summed E-state index contributed by atoms with van der Waals surface area (Å²) in [5.74, 6) is 0.706. The van der Waals surface area contributed by atoms with E-state index in [1.807, 2.05) is 18.2 Å². The van der Waals surface area contributed by atoms with Crippen molar-refractivity contribution in [3.63, 3.8) is 0 Å². The lowest BCUT2D eigenvalue weighted by Gasteiger charge is -2.22. The van der Waals surface area contributed by atoms with Crippen LogP contribution in [0.25, 0.3) is 0 Å². The van der Waals surface area contributed by atoms with Crippen LogP contribution in [0.15, 0.2) is 48.5 Å². The molecule has 122 valence electrons. The van der Waals surface area contributed by atoms with Gasteiger partial charge in [0.15, 0.2) is 0 Å². The van der Waals surface area contributed by atoms with E-state index in [1.54, 1.807) is 24.3 Å². The standard InChI is InChI=1S/C19H22ClNO2/c1-19(2,3)16-9-4-5-10-17(16)23-12-11-21-18(22)14-7-6-8-15(20)13-14/h4-10,13H,11-12H2,1-3H3,(H,21,22). The minimum atomic E-state index is -0.153. The number of halogens is 1. The van der Waals surface area contributed by atoms with Crippen LogP contribution < -0.4 is 10.1 Å². The predicted octanol–water partition coefficient (Wildman–Crippen LogP) is 4.45. The summed E-state index contributed by atoms with van der Waals surface area (Å²) in [6.45, 7) is 7.30. The largest absolute Gasteiger partial charge is 0.491 e. The molecule has 3 nitrogen and oxygen atoms in total. The van der Waals surface area contributed by atoms with Crippen LogP contribution in [0.1, 0.15) is 36.7 Å². The van der Waals surface area contributed by atoms with E-state index in [0.717, 1.165) is 11.3 Å². The van der Waals surface area contributed by atoms with Gasteiger partial charge in [0.05, 0.1) is 6.54 Å². The lowest BCUT2D eigenvalue weighted by Crippen LogP contribution is -2.28. The van der Waals surface area contributed by atoms with Crippen LogP contribution in [0.5, 0.6) is 5.75 Å². The summed E-state index contributed by atoms with van der Waals surface area (Å²) in [6, 6.07) is 14.9. The molecular formula is C19H22ClNO2. The molecule has 0 bridgehead atoms. The van der Waals surface area contributed by atoms with Gasteiger partial charge in [-0.25, -0.2) is 0 Å². The smallest absolute Gasteiger partial charge is 0.251 e. The highest BCUT2D eigenvalue weighted by molar-refractivity contribution is 6.30. The third-order valence-corrected chi connectivity index (χ3v) is 3.66. The summed E-state index contributed by atoms with van der Waals surface area (Å²) >= 11 is 5.89. The Balaban J connectivity index is 1.88. The SMILES string of the molecule is CC(C)(C)c1ccccc1OCCNC(=O)c1cccc(Cl)c1. The highest BCUT2D eigenvalue weighted by Crippen LogP contribution is 2.30.